The normalized spacial score (nSPS) is 20.1. The van der Waals surface area contributed by atoms with Gasteiger partial charge in [0.15, 0.2) is 5.76 Å². The summed E-state index contributed by atoms with van der Waals surface area (Å²) in [5.74, 6) is -0.224. The minimum absolute atomic E-state index is 0.0515. The van der Waals surface area contributed by atoms with E-state index < -0.39 is 10.0 Å². The summed E-state index contributed by atoms with van der Waals surface area (Å²) in [6, 6.07) is 2.96. The van der Waals surface area contributed by atoms with E-state index in [4.69, 9.17) is 4.42 Å². The van der Waals surface area contributed by atoms with Gasteiger partial charge in [-0.2, -0.15) is 0 Å². The predicted molar refractivity (Wildman–Crippen MR) is 72.9 cm³/mol. The summed E-state index contributed by atoms with van der Waals surface area (Å²) in [5.41, 5.74) is 0. The van der Waals surface area contributed by atoms with Crippen molar-refractivity contribution in [2.24, 2.45) is 0 Å². The summed E-state index contributed by atoms with van der Waals surface area (Å²) in [6.07, 6.45) is 1.94. The Kier molecular flexibility index (Phi) is 4.46. The quantitative estimate of drug-likeness (QED) is 0.817. The van der Waals surface area contributed by atoms with Gasteiger partial charge in [-0.3, -0.25) is 4.79 Å². The number of hydrogen-bond acceptors (Lipinski definition) is 5. The zero-order chi connectivity index (χ0) is 14.8. The number of rotatable bonds is 4. The molecule has 2 rings (SSSR count). The third kappa shape index (κ3) is 3.02. The van der Waals surface area contributed by atoms with Gasteiger partial charge in [0.2, 0.25) is 5.09 Å². The number of hydrogen-bond donors (Lipinski definition) is 2. The molecule has 1 fully saturated rings. The maximum absolute atomic E-state index is 12.3. The van der Waals surface area contributed by atoms with Crippen LogP contribution in [0.25, 0.3) is 0 Å². The average molecular weight is 301 g/mol. The van der Waals surface area contributed by atoms with Crippen LogP contribution >= 0.6 is 0 Å². The second-order valence-corrected chi connectivity index (χ2v) is 6.52. The van der Waals surface area contributed by atoms with Gasteiger partial charge in [-0.15, -0.1) is 0 Å². The minimum atomic E-state index is -3.66. The molecule has 1 aromatic rings. The first-order valence-electron chi connectivity index (χ1n) is 6.48. The Balaban J connectivity index is 2.14. The first-order valence-corrected chi connectivity index (χ1v) is 7.96. The van der Waals surface area contributed by atoms with Crippen molar-refractivity contribution in [3.8, 4) is 0 Å². The van der Waals surface area contributed by atoms with E-state index in [0.29, 0.717) is 13.1 Å². The van der Waals surface area contributed by atoms with Crippen molar-refractivity contribution in [3.63, 3.8) is 0 Å². The lowest BCUT2D eigenvalue weighted by molar-refractivity contribution is 0.0660. The molecule has 1 aliphatic heterocycles. The minimum Gasteiger partial charge on any atom is -0.438 e. The average Bonchev–Trinajstić information content (AvgIpc) is 2.97. The maximum Gasteiger partial charge on any atom is 0.289 e. The second kappa shape index (κ2) is 5.94. The first-order chi connectivity index (χ1) is 9.47. The van der Waals surface area contributed by atoms with Crippen molar-refractivity contribution >= 4 is 15.9 Å². The Morgan fingerprint density at radius 1 is 1.40 bits per heavy atom. The van der Waals surface area contributed by atoms with Gasteiger partial charge in [0.1, 0.15) is 0 Å². The highest BCUT2D eigenvalue weighted by Gasteiger charge is 2.27. The number of furan rings is 1. The molecule has 0 bridgehead atoms. The van der Waals surface area contributed by atoms with Crippen LogP contribution in [0.3, 0.4) is 0 Å². The maximum atomic E-state index is 12.3. The zero-order valence-electron chi connectivity index (χ0n) is 11.5. The molecule has 20 heavy (non-hydrogen) atoms. The molecule has 2 N–H and O–H groups in total. The number of carbonyl (C=O) groups excluding carboxylic acids is 1. The number of nitrogens with zero attached hydrogens (tertiary/aromatic N) is 1. The van der Waals surface area contributed by atoms with Crippen molar-refractivity contribution in [1.82, 2.24) is 14.9 Å². The van der Waals surface area contributed by atoms with Crippen LogP contribution in [0.5, 0.6) is 0 Å². The Hall–Kier alpha value is -1.38. The molecule has 7 nitrogen and oxygen atoms in total. The molecule has 0 spiro atoms. The molecule has 1 atom stereocenters. The molecule has 1 unspecified atom stereocenters. The Bertz CT molecular complexity index is 581. The molecule has 0 aliphatic carbocycles. The van der Waals surface area contributed by atoms with E-state index >= 15 is 0 Å². The van der Waals surface area contributed by atoms with E-state index in [1.165, 1.54) is 19.2 Å². The SMILES string of the molecule is CNC1CCCN(C(=O)c2ccc(S(=O)(=O)NC)o2)C1. The van der Waals surface area contributed by atoms with Gasteiger partial charge >= 0.3 is 0 Å². The molecule has 0 saturated carbocycles. The van der Waals surface area contributed by atoms with Crippen LogP contribution in [0.4, 0.5) is 0 Å². The predicted octanol–water partition coefficient (Wildman–Crippen LogP) is 0.0117. The number of likely N-dealkylation sites (tertiary alicyclic amines) is 1. The van der Waals surface area contributed by atoms with Crippen molar-refractivity contribution in [1.29, 1.82) is 0 Å². The summed E-state index contributed by atoms with van der Waals surface area (Å²) in [7, 11) is -0.499. The van der Waals surface area contributed by atoms with Crippen molar-refractivity contribution < 1.29 is 17.6 Å². The van der Waals surface area contributed by atoms with E-state index in [0.717, 1.165) is 12.8 Å². The van der Waals surface area contributed by atoms with E-state index in [9.17, 15) is 13.2 Å². The van der Waals surface area contributed by atoms with Gasteiger partial charge in [-0.25, -0.2) is 13.1 Å². The number of amides is 1. The van der Waals surface area contributed by atoms with E-state index in [1.54, 1.807) is 4.90 Å². The number of sulfonamides is 1. The van der Waals surface area contributed by atoms with Crippen molar-refractivity contribution in [2.75, 3.05) is 27.2 Å². The molecule has 0 radical (unpaired) electrons. The summed E-state index contributed by atoms with van der Waals surface area (Å²) in [6.45, 7) is 1.26. The fourth-order valence-electron chi connectivity index (χ4n) is 2.23. The fraction of sp³-hybridized carbons (Fsp3) is 0.583. The smallest absolute Gasteiger partial charge is 0.289 e. The van der Waals surface area contributed by atoms with Crippen LogP contribution in [0, 0.1) is 0 Å². The van der Waals surface area contributed by atoms with Crippen LogP contribution < -0.4 is 10.0 Å². The summed E-state index contributed by atoms with van der Waals surface area (Å²) >= 11 is 0. The topological polar surface area (TPSA) is 91.7 Å². The van der Waals surface area contributed by atoms with Gasteiger partial charge in [-0.05, 0) is 39.1 Å². The van der Waals surface area contributed by atoms with Gasteiger partial charge < -0.3 is 14.6 Å². The third-order valence-corrected chi connectivity index (χ3v) is 4.73. The number of carbonyl (C=O) groups is 1. The molecule has 1 aromatic heterocycles. The monoisotopic (exact) mass is 301 g/mol. The van der Waals surface area contributed by atoms with Crippen LogP contribution in [-0.4, -0.2) is 52.5 Å². The largest absolute Gasteiger partial charge is 0.438 e. The fourth-order valence-corrected chi connectivity index (χ4v) is 2.88. The Morgan fingerprint density at radius 2 is 2.15 bits per heavy atom. The molecule has 1 aliphatic rings. The molecule has 1 saturated heterocycles. The molecular weight excluding hydrogens is 282 g/mol. The lowest BCUT2D eigenvalue weighted by Crippen LogP contribution is -2.46. The highest BCUT2D eigenvalue weighted by Crippen LogP contribution is 2.18. The molecule has 0 aromatic carbocycles. The van der Waals surface area contributed by atoms with Crippen LogP contribution in [0.15, 0.2) is 21.6 Å². The summed E-state index contributed by atoms with van der Waals surface area (Å²) in [5, 5.41) is 2.90. The highest BCUT2D eigenvalue weighted by atomic mass is 32.2. The van der Waals surface area contributed by atoms with E-state index in [2.05, 4.69) is 10.0 Å². The second-order valence-electron chi connectivity index (χ2n) is 4.71. The van der Waals surface area contributed by atoms with E-state index in [-0.39, 0.29) is 22.8 Å². The van der Waals surface area contributed by atoms with Crippen LogP contribution in [0.2, 0.25) is 0 Å². The lowest BCUT2D eigenvalue weighted by Gasteiger charge is -2.31. The Morgan fingerprint density at radius 3 is 2.80 bits per heavy atom. The van der Waals surface area contributed by atoms with Gasteiger partial charge in [0.25, 0.3) is 15.9 Å². The molecular formula is C12H19N3O4S. The lowest BCUT2D eigenvalue weighted by atomic mass is 10.1. The van der Waals surface area contributed by atoms with Crippen molar-refractivity contribution in [3.05, 3.63) is 17.9 Å². The van der Waals surface area contributed by atoms with E-state index in [1.807, 2.05) is 7.05 Å². The third-order valence-electron chi connectivity index (χ3n) is 3.44. The highest BCUT2D eigenvalue weighted by molar-refractivity contribution is 7.89. The van der Waals surface area contributed by atoms with Gasteiger partial charge in [0.05, 0.1) is 0 Å². The molecule has 2 heterocycles. The molecule has 112 valence electrons. The van der Waals surface area contributed by atoms with Crippen molar-refractivity contribution in [2.45, 2.75) is 24.0 Å². The van der Waals surface area contributed by atoms with Crippen LogP contribution in [0.1, 0.15) is 23.4 Å². The number of piperidine rings is 1. The number of likely N-dealkylation sites (N-methyl/N-ethyl adjacent to an activating group) is 1. The summed E-state index contributed by atoms with van der Waals surface area (Å²) in [4.78, 5) is 14.0. The number of nitrogens with one attached hydrogen (secondary N) is 2. The van der Waals surface area contributed by atoms with Crippen LogP contribution in [-0.2, 0) is 10.0 Å². The Labute approximate surface area is 118 Å². The van der Waals surface area contributed by atoms with Gasteiger partial charge in [-0.1, -0.05) is 0 Å². The molecule has 8 heteroatoms. The summed E-state index contributed by atoms with van der Waals surface area (Å²) < 4.78 is 30.5. The van der Waals surface area contributed by atoms with Gasteiger partial charge in [0, 0.05) is 19.1 Å². The zero-order valence-corrected chi connectivity index (χ0v) is 12.4. The standard InChI is InChI=1S/C12H19N3O4S/c1-13-9-4-3-7-15(8-9)12(16)10-5-6-11(19-10)20(17,18)14-2/h5-6,9,13-14H,3-4,7-8H2,1-2H3. The first kappa shape index (κ1) is 15.0. The molecule has 1 amide bonds.